The molecule has 0 aromatic heterocycles. The minimum atomic E-state index is -1.27. The van der Waals surface area contributed by atoms with E-state index in [0.717, 1.165) is 129 Å². The van der Waals surface area contributed by atoms with Crippen LogP contribution in [0.25, 0.3) is 5.73 Å². The predicted molar refractivity (Wildman–Crippen MR) is 275 cm³/mol. The van der Waals surface area contributed by atoms with Crippen molar-refractivity contribution in [3.05, 3.63) is 134 Å². The molecule has 372 valence electrons. The van der Waals surface area contributed by atoms with Crippen LogP contribution in [-0.2, 0) is 19.2 Å². The summed E-state index contributed by atoms with van der Waals surface area (Å²) < 4.78 is 0. The van der Waals surface area contributed by atoms with Gasteiger partial charge in [0.1, 0.15) is 0 Å². The molecule has 0 heterocycles. The Balaban J connectivity index is -0.000000191. The number of aliphatic carboxylic acids is 4. The number of carbonyl (C=O) groups excluding carboxylic acids is 2. The zero-order valence-electron chi connectivity index (χ0n) is 40.3. The van der Waals surface area contributed by atoms with Gasteiger partial charge in [-0.2, -0.15) is 0 Å². The van der Waals surface area contributed by atoms with Crippen molar-refractivity contribution >= 4 is 46.9 Å². The molecule has 0 saturated carbocycles. The molecular weight excluding hydrogens is 843 g/mol. The normalized spacial score (nSPS) is 12.5. The second-order valence-electron chi connectivity index (χ2n) is 14.6. The molecule has 9 N–H and O–H groups in total. The van der Waals surface area contributed by atoms with Gasteiger partial charge in [-0.15, -0.1) is 5.92 Å². The van der Waals surface area contributed by atoms with Crippen molar-refractivity contribution in [2.24, 2.45) is 5.92 Å². The standard InChI is InChI=1S/2C20H30O2.C7H14NO2.C6H13N2O2.CH4.Mg/c2*1-2-3-4-5-6-7-8-9-10-11-12-13-14-15-16-17-18-19-20(21)22;1-6(7(9)10)4-2-3-5-8;7-4-2-1-3-5(8)6(9)10;;/h2*3-4,6-7,9-10,12-13,15-16H,2,5,8,11,14,17-19H2,1H3,(H,21,22);6H,1-5,8H2,(H,9,10);5,8H,1-4,7H2,(H,9,10);1H4;/q;;2*-1;;+2/b2*4-3-,7-6-,10-9-,13-12-,16-15-;;;;/t;;6-;5-;;/m..00../s1. The summed E-state index contributed by atoms with van der Waals surface area (Å²) in [4.78, 5) is 40.7. The molecular formula is C54H91MgN3O8. The van der Waals surface area contributed by atoms with Crippen LogP contribution < -0.4 is 21.7 Å². The first-order valence-electron chi connectivity index (χ1n) is 23.4. The maximum Gasteiger partial charge on any atom is 2.00 e. The van der Waals surface area contributed by atoms with E-state index >= 15 is 0 Å². The predicted octanol–water partition coefficient (Wildman–Crippen LogP) is 9.41. The molecule has 11 nitrogen and oxygen atoms in total. The van der Waals surface area contributed by atoms with E-state index in [9.17, 15) is 29.4 Å². The van der Waals surface area contributed by atoms with Crippen LogP contribution in [-0.4, -0.2) is 76.3 Å². The minimum Gasteiger partial charge on any atom is -0.670 e. The number of quaternary nitrogens is 2. The summed E-state index contributed by atoms with van der Waals surface area (Å²) in [6.07, 6.45) is 61.4. The molecule has 0 unspecified atom stereocenters. The van der Waals surface area contributed by atoms with Gasteiger partial charge in [0.25, 0.3) is 0 Å². The van der Waals surface area contributed by atoms with Gasteiger partial charge in [-0.3, -0.25) is 9.59 Å². The topological polar surface area (TPSA) is 234 Å². The summed E-state index contributed by atoms with van der Waals surface area (Å²) in [5, 5.41) is 37.1. The van der Waals surface area contributed by atoms with E-state index in [0.29, 0.717) is 12.8 Å². The monoisotopic (exact) mass is 934 g/mol. The zero-order chi connectivity index (χ0) is 48.6. The Morgan fingerprint density at radius 2 is 0.758 bits per heavy atom. The molecule has 0 saturated heterocycles. The largest absolute Gasteiger partial charge is 2.00 e. The van der Waals surface area contributed by atoms with Crippen LogP contribution in [0.1, 0.15) is 163 Å². The Labute approximate surface area is 417 Å². The number of hydrogen-bond donors (Lipinski definition) is 4. The van der Waals surface area contributed by atoms with E-state index < -0.39 is 35.8 Å². The van der Waals surface area contributed by atoms with Gasteiger partial charge in [-0.1, -0.05) is 162 Å². The summed E-state index contributed by atoms with van der Waals surface area (Å²) in [5.41, 5.74) is 14.2. The second kappa shape index (κ2) is 65.2. The molecule has 0 fully saturated rings. The molecule has 0 radical (unpaired) electrons. The molecule has 2 atom stereocenters. The number of carboxylic acids is 4. The van der Waals surface area contributed by atoms with Crippen LogP contribution in [0.2, 0.25) is 0 Å². The Kier molecular flexibility index (Phi) is 72.6. The molecule has 0 aromatic rings. The van der Waals surface area contributed by atoms with Crippen LogP contribution in [0.3, 0.4) is 0 Å². The molecule has 0 spiro atoms. The number of nitrogens with one attached hydrogen (secondary N) is 1. The summed E-state index contributed by atoms with van der Waals surface area (Å²) >= 11 is 0. The van der Waals surface area contributed by atoms with Gasteiger partial charge in [-0.05, 0) is 116 Å². The first kappa shape index (κ1) is 73.5. The van der Waals surface area contributed by atoms with Gasteiger partial charge in [-0.25, -0.2) is 0 Å². The molecule has 12 heteroatoms. The number of carboxylic acid groups (broad SMARTS) is 4. The van der Waals surface area contributed by atoms with Crippen LogP contribution in [0.5, 0.6) is 0 Å². The average molecular weight is 935 g/mol. The fraction of sp³-hybridized carbons (Fsp3) is 0.537. The molecule has 0 aliphatic rings. The second-order valence-corrected chi connectivity index (χ2v) is 14.6. The van der Waals surface area contributed by atoms with Crippen molar-refractivity contribution in [1.82, 2.24) is 0 Å². The van der Waals surface area contributed by atoms with Crippen molar-refractivity contribution in [3.8, 4) is 0 Å². The van der Waals surface area contributed by atoms with E-state index in [1.807, 2.05) is 0 Å². The smallest absolute Gasteiger partial charge is 0.670 e. The van der Waals surface area contributed by atoms with E-state index in [-0.39, 0.29) is 43.3 Å². The van der Waals surface area contributed by atoms with Gasteiger partial charge in [0, 0.05) is 24.8 Å². The van der Waals surface area contributed by atoms with Crippen LogP contribution in [0.15, 0.2) is 122 Å². The van der Waals surface area contributed by atoms with E-state index in [1.165, 1.54) is 0 Å². The Morgan fingerprint density at radius 3 is 1.00 bits per heavy atom. The molecule has 0 bridgehead atoms. The number of hydrogen-bond acceptors (Lipinski definition) is 6. The van der Waals surface area contributed by atoms with Gasteiger partial charge in [0.2, 0.25) is 0 Å². The molecule has 0 aliphatic heterocycles. The molecule has 0 rings (SSSR count). The first-order chi connectivity index (χ1) is 30.9. The summed E-state index contributed by atoms with van der Waals surface area (Å²) in [6.45, 7) is 9.38. The third-order valence-electron chi connectivity index (χ3n) is 8.50. The first-order valence-corrected chi connectivity index (χ1v) is 23.4. The number of rotatable bonds is 36. The van der Waals surface area contributed by atoms with E-state index in [4.69, 9.17) is 15.9 Å². The molecule has 0 aliphatic carbocycles. The van der Waals surface area contributed by atoms with E-state index in [1.54, 1.807) is 0 Å². The molecule has 0 aromatic carbocycles. The van der Waals surface area contributed by atoms with Crippen LogP contribution >= 0.6 is 0 Å². The van der Waals surface area contributed by atoms with Gasteiger partial charge < -0.3 is 54.1 Å². The Hall–Kier alpha value is -4.07. The molecule has 0 amide bonds. The number of allylic oxidation sites excluding steroid dienone is 20. The van der Waals surface area contributed by atoms with Gasteiger partial charge in [0.15, 0.2) is 0 Å². The third-order valence-corrected chi connectivity index (χ3v) is 8.50. The maximum atomic E-state index is 10.3. The minimum absolute atomic E-state index is 0. The fourth-order valence-corrected chi connectivity index (χ4v) is 4.81. The van der Waals surface area contributed by atoms with Gasteiger partial charge in [0.05, 0.1) is 13.1 Å². The van der Waals surface area contributed by atoms with Crippen LogP contribution in [0, 0.1) is 12.8 Å². The SMILES string of the molecule is C.CC/C=C\C/C=C\C/C=C\C/C=C\C/C=C\CCCC(=O)O.CC/C=C\C/C=C\C/C=C\C/C=C\C/C=C\CCCC(=O)O.[CH2-][C@@H](CCCC[NH3+])C(=O)[O-].[Mg+2].[NH-][C@@H](CCCC[NH3+])C(=O)[O-]. The quantitative estimate of drug-likeness (QED) is 0.0204. The van der Waals surface area contributed by atoms with Crippen molar-refractivity contribution in [3.63, 3.8) is 0 Å². The summed E-state index contributed by atoms with van der Waals surface area (Å²) in [7, 11) is 0. The number of unbranched alkanes of at least 4 members (excludes halogenated alkanes) is 4. The van der Waals surface area contributed by atoms with Crippen molar-refractivity contribution in [2.75, 3.05) is 13.1 Å². The summed E-state index contributed by atoms with van der Waals surface area (Å²) in [5.74, 6) is -4.31. The third kappa shape index (κ3) is 77.2. The van der Waals surface area contributed by atoms with Crippen molar-refractivity contribution in [2.45, 2.75) is 169 Å². The Morgan fingerprint density at radius 1 is 0.485 bits per heavy atom. The Bertz CT molecular complexity index is 1290. The average Bonchev–Trinajstić information content (AvgIpc) is 3.26. The van der Waals surface area contributed by atoms with Crippen molar-refractivity contribution < 1.29 is 51.1 Å². The fourth-order valence-electron chi connectivity index (χ4n) is 4.81. The maximum absolute atomic E-state index is 10.3. The van der Waals surface area contributed by atoms with E-state index in [2.05, 4.69) is 154 Å². The number of carbonyl (C=O) groups is 4. The molecule has 66 heavy (non-hydrogen) atoms. The van der Waals surface area contributed by atoms with Gasteiger partial charge >= 0.3 is 35.0 Å². The van der Waals surface area contributed by atoms with Crippen molar-refractivity contribution in [1.29, 1.82) is 0 Å². The van der Waals surface area contributed by atoms with Crippen LogP contribution in [0.4, 0.5) is 0 Å². The zero-order valence-corrected chi connectivity index (χ0v) is 41.8. The summed E-state index contributed by atoms with van der Waals surface area (Å²) in [6, 6.07) is -1.05.